The first-order valence-electron chi connectivity index (χ1n) is 5.66. The van der Waals surface area contributed by atoms with Crippen LogP contribution in [-0.2, 0) is 12.8 Å². The Morgan fingerprint density at radius 1 is 1.18 bits per heavy atom. The summed E-state index contributed by atoms with van der Waals surface area (Å²) < 4.78 is 0. The van der Waals surface area contributed by atoms with E-state index in [1.165, 1.54) is 5.56 Å². The molecule has 0 spiro atoms. The Morgan fingerprint density at radius 2 is 1.94 bits per heavy atom. The molecule has 1 unspecified atom stereocenters. The van der Waals surface area contributed by atoms with E-state index in [9.17, 15) is 5.11 Å². The highest BCUT2D eigenvalue weighted by atomic mass is 16.3. The van der Waals surface area contributed by atoms with Crippen LogP contribution in [0, 0.1) is 0 Å². The Morgan fingerprint density at radius 3 is 2.65 bits per heavy atom. The summed E-state index contributed by atoms with van der Waals surface area (Å²) in [6, 6.07) is 10.2. The third kappa shape index (κ3) is 3.15. The minimum absolute atomic E-state index is 0.314. The summed E-state index contributed by atoms with van der Waals surface area (Å²) in [6.45, 7) is -0.314. The number of aryl methyl sites for hydroxylation is 2. The quantitative estimate of drug-likeness (QED) is 0.726. The maximum absolute atomic E-state index is 9.38. The van der Waals surface area contributed by atoms with Crippen LogP contribution in [0.5, 0.6) is 0 Å². The maximum atomic E-state index is 9.38. The number of nitrogens with one attached hydrogen (secondary N) is 1. The monoisotopic (exact) mass is 232 g/mol. The number of aromatic amines is 1. The molecule has 1 aromatic heterocycles. The lowest BCUT2D eigenvalue weighted by Gasteiger charge is -2.02. The first kappa shape index (κ1) is 11.8. The van der Waals surface area contributed by atoms with Crippen molar-refractivity contribution in [2.45, 2.75) is 18.9 Å². The molecular formula is C13H16N2O2. The van der Waals surface area contributed by atoms with Gasteiger partial charge in [-0.1, -0.05) is 30.3 Å². The third-order valence-corrected chi connectivity index (χ3v) is 2.66. The van der Waals surface area contributed by atoms with E-state index in [1.54, 1.807) is 6.20 Å². The van der Waals surface area contributed by atoms with Crippen LogP contribution in [0.15, 0.2) is 36.5 Å². The van der Waals surface area contributed by atoms with Crippen molar-refractivity contribution in [3.8, 4) is 0 Å². The normalized spacial score (nSPS) is 12.6. The van der Waals surface area contributed by atoms with Crippen LogP contribution in [-0.4, -0.2) is 26.8 Å². The zero-order valence-electron chi connectivity index (χ0n) is 9.50. The molecule has 4 nitrogen and oxygen atoms in total. The van der Waals surface area contributed by atoms with E-state index in [-0.39, 0.29) is 6.61 Å². The summed E-state index contributed by atoms with van der Waals surface area (Å²) in [5, 5.41) is 18.2. The van der Waals surface area contributed by atoms with Crippen molar-refractivity contribution in [2.24, 2.45) is 0 Å². The topological polar surface area (TPSA) is 69.1 Å². The van der Waals surface area contributed by atoms with E-state index >= 15 is 0 Å². The summed E-state index contributed by atoms with van der Waals surface area (Å²) in [4.78, 5) is 7.05. The average molecular weight is 232 g/mol. The number of H-pyrrole nitrogens is 1. The summed E-state index contributed by atoms with van der Waals surface area (Å²) in [5.74, 6) is 0.426. The summed E-state index contributed by atoms with van der Waals surface area (Å²) in [6.07, 6.45) is 2.56. The Labute approximate surface area is 100.0 Å². The van der Waals surface area contributed by atoms with Crippen molar-refractivity contribution in [1.82, 2.24) is 9.97 Å². The Hall–Kier alpha value is -1.65. The number of rotatable bonds is 5. The number of hydrogen-bond acceptors (Lipinski definition) is 3. The molecule has 4 heteroatoms. The molecule has 1 atom stereocenters. The lowest BCUT2D eigenvalue weighted by atomic mass is 10.1. The van der Waals surface area contributed by atoms with Crippen LogP contribution in [0.2, 0.25) is 0 Å². The predicted molar refractivity (Wildman–Crippen MR) is 64.5 cm³/mol. The van der Waals surface area contributed by atoms with Gasteiger partial charge >= 0.3 is 0 Å². The zero-order chi connectivity index (χ0) is 12.1. The SMILES string of the molecule is OCC(O)c1ncc(CCc2ccccc2)[nH]1. The molecule has 0 saturated heterocycles. The zero-order valence-corrected chi connectivity index (χ0v) is 9.50. The molecule has 0 fully saturated rings. The van der Waals surface area contributed by atoms with E-state index in [4.69, 9.17) is 5.11 Å². The highest BCUT2D eigenvalue weighted by molar-refractivity contribution is 5.16. The number of hydrogen-bond donors (Lipinski definition) is 3. The maximum Gasteiger partial charge on any atom is 0.137 e. The van der Waals surface area contributed by atoms with Crippen LogP contribution in [0.4, 0.5) is 0 Å². The van der Waals surface area contributed by atoms with Gasteiger partial charge in [0, 0.05) is 11.9 Å². The summed E-state index contributed by atoms with van der Waals surface area (Å²) in [7, 11) is 0. The second kappa shape index (κ2) is 5.61. The van der Waals surface area contributed by atoms with Crippen LogP contribution in [0.25, 0.3) is 0 Å². The van der Waals surface area contributed by atoms with E-state index in [1.807, 2.05) is 18.2 Å². The molecule has 17 heavy (non-hydrogen) atoms. The number of benzene rings is 1. The lowest BCUT2D eigenvalue weighted by molar-refractivity contribution is 0.0892. The highest BCUT2D eigenvalue weighted by Crippen LogP contribution is 2.10. The average Bonchev–Trinajstić information content (AvgIpc) is 2.85. The summed E-state index contributed by atoms with van der Waals surface area (Å²) in [5.41, 5.74) is 2.24. The molecule has 0 bridgehead atoms. The van der Waals surface area contributed by atoms with Crippen LogP contribution >= 0.6 is 0 Å². The smallest absolute Gasteiger partial charge is 0.137 e. The van der Waals surface area contributed by atoms with Crippen LogP contribution < -0.4 is 0 Å². The fraction of sp³-hybridized carbons (Fsp3) is 0.308. The van der Waals surface area contributed by atoms with Gasteiger partial charge in [0.05, 0.1) is 6.61 Å². The molecule has 0 amide bonds. The number of aliphatic hydroxyl groups excluding tert-OH is 2. The molecule has 1 heterocycles. The molecule has 1 aromatic carbocycles. The summed E-state index contributed by atoms with van der Waals surface area (Å²) >= 11 is 0. The standard InChI is InChI=1S/C13H16N2O2/c16-9-12(17)13-14-8-11(15-13)7-6-10-4-2-1-3-5-10/h1-5,8,12,16-17H,6-7,9H2,(H,14,15). The molecule has 0 saturated carbocycles. The van der Waals surface area contributed by atoms with E-state index in [2.05, 4.69) is 22.1 Å². The molecule has 90 valence electrons. The van der Waals surface area contributed by atoms with Crippen LogP contribution in [0.3, 0.4) is 0 Å². The van der Waals surface area contributed by atoms with E-state index in [0.717, 1.165) is 18.5 Å². The van der Waals surface area contributed by atoms with Gasteiger partial charge in [0.15, 0.2) is 0 Å². The molecule has 2 rings (SSSR count). The van der Waals surface area contributed by atoms with Gasteiger partial charge in [0.25, 0.3) is 0 Å². The molecule has 0 aliphatic rings. The van der Waals surface area contributed by atoms with Crippen molar-refractivity contribution in [3.63, 3.8) is 0 Å². The third-order valence-electron chi connectivity index (χ3n) is 2.66. The van der Waals surface area contributed by atoms with Crippen molar-refractivity contribution in [1.29, 1.82) is 0 Å². The van der Waals surface area contributed by atoms with Gasteiger partial charge in [0.1, 0.15) is 11.9 Å². The van der Waals surface area contributed by atoms with Gasteiger partial charge in [-0.2, -0.15) is 0 Å². The van der Waals surface area contributed by atoms with Gasteiger partial charge in [0.2, 0.25) is 0 Å². The molecule has 2 aromatic rings. The number of nitrogens with zero attached hydrogens (tertiary/aromatic N) is 1. The number of imidazole rings is 1. The number of aliphatic hydroxyl groups is 2. The Kier molecular flexibility index (Phi) is 3.90. The van der Waals surface area contributed by atoms with Crippen LogP contribution in [0.1, 0.15) is 23.2 Å². The van der Waals surface area contributed by atoms with E-state index < -0.39 is 6.10 Å². The first-order chi connectivity index (χ1) is 8.29. The van der Waals surface area contributed by atoms with Gasteiger partial charge in [-0.3, -0.25) is 0 Å². The van der Waals surface area contributed by atoms with Crippen molar-refractivity contribution >= 4 is 0 Å². The lowest BCUT2D eigenvalue weighted by Crippen LogP contribution is -2.04. The van der Waals surface area contributed by atoms with E-state index in [0.29, 0.717) is 5.82 Å². The fourth-order valence-electron chi connectivity index (χ4n) is 1.68. The Balaban J connectivity index is 1.94. The minimum Gasteiger partial charge on any atom is -0.393 e. The molecule has 3 N–H and O–H groups in total. The van der Waals surface area contributed by atoms with Gasteiger partial charge in [-0.25, -0.2) is 4.98 Å². The van der Waals surface area contributed by atoms with Crippen molar-refractivity contribution in [3.05, 3.63) is 53.6 Å². The fourth-order valence-corrected chi connectivity index (χ4v) is 1.68. The van der Waals surface area contributed by atoms with Gasteiger partial charge in [-0.15, -0.1) is 0 Å². The molecule has 0 radical (unpaired) electrons. The second-order valence-corrected chi connectivity index (χ2v) is 3.98. The second-order valence-electron chi connectivity index (χ2n) is 3.98. The number of aromatic nitrogens is 2. The van der Waals surface area contributed by atoms with Gasteiger partial charge < -0.3 is 15.2 Å². The van der Waals surface area contributed by atoms with Crippen molar-refractivity contribution < 1.29 is 10.2 Å². The first-order valence-corrected chi connectivity index (χ1v) is 5.66. The largest absolute Gasteiger partial charge is 0.393 e. The molecule has 0 aliphatic heterocycles. The Bertz CT molecular complexity index is 453. The molecule has 0 aliphatic carbocycles. The highest BCUT2D eigenvalue weighted by Gasteiger charge is 2.09. The predicted octanol–water partition coefficient (Wildman–Crippen LogP) is 1.22. The van der Waals surface area contributed by atoms with Gasteiger partial charge in [-0.05, 0) is 18.4 Å². The minimum atomic E-state index is -0.916. The van der Waals surface area contributed by atoms with Crippen molar-refractivity contribution in [2.75, 3.05) is 6.61 Å². The molecular weight excluding hydrogens is 216 g/mol.